The topological polar surface area (TPSA) is 60.4 Å². The van der Waals surface area contributed by atoms with E-state index in [0.29, 0.717) is 22.7 Å². The van der Waals surface area contributed by atoms with Gasteiger partial charge < -0.3 is 15.0 Å². The number of carbonyl (C=O) groups is 1. The molecule has 0 aromatic rings. The average molecular weight is 397 g/mol. The standard InChI is InChI=1S/C24H38O3.Na/c1-15(4-9-22(26)27)19-7-8-20-18-6-5-16-14-17(25)10-12-23(16,2)21(18)11-13-24(19,20)3;/h5,15,17-21,25H,4,6-14H2,1-3H3,(H,26,27);/q;+1/p-1/t15-,17+,18+,19-,20+,21+,23+,24-;/m1./s1. The van der Waals surface area contributed by atoms with E-state index in [2.05, 4.69) is 26.8 Å². The summed E-state index contributed by atoms with van der Waals surface area (Å²) in [5.41, 5.74) is 2.23. The first kappa shape index (κ1) is 22.8. The van der Waals surface area contributed by atoms with Crippen molar-refractivity contribution in [1.29, 1.82) is 0 Å². The Morgan fingerprint density at radius 1 is 1.21 bits per heavy atom. The maximum absolute atomic E-state index is 10.9. The third kappa shape index (κ3) is 3.67. The van der Waals surface area contributed by atoms with Crippen molar-refractivity contribution in [3.63, 3.8) is 0 Å². The summed E-state index contributed by atoms with van der Waals surface area (Å²) in [7, 11) is 0. The third-order valence-corrected chi connectivity index (χ3v) is 9.64. The minimum atomic E-state index is -0.900. The van der Waals surface area contributed by atoms with Crippen molar-refractivity contribution >= 4 is 5.97 Å². The monoisotopic (exact) mass is 396 g/mol. The second-order valence-electron chi connectivity index (χ2n) is 10.8. The van der Waals surface area contributed by atoms with Crippen molar-refractivity contribution < 1.29 is 44.6 Å². The van der Waals surface area contributed by atoms with Gasteiger partial charge in [-0.05, 0) is 105 Å². The minimum Gasteiger partial charge on any atom is -0.550 e. The fourth-order valence-electron chi connectivity index (χ4n) is 8.16. The zero-order chi connectivity index (χ0) is 19.4. The Morgan fingerprint density at radius 3 is 2.68 bits per heavy atom. The molecule has 4 rings (SSSR count). The van der Waals surface area contributed by atoms with E-state index < -0.39 is 5.97 Å². The van der Waals surface area contributed by atoms with Gasteiger partial charge in [0.15, 0.2) is 0 Å². The van der Waals surface area contributed by atoms with Crippen LogP contribution in [0.2, 0.25) is 0 Å². The molecule has 0 bridgehead atoms. The predicted octanol–water partition coefficient (Wildman–Crippen LogP) is 1.10. The molecule has 0 radical (unpaired) electrons. The number of rotatable bonds is 4. The first-order valence-electron chi connectivity index (χ1n) is 11.3. The number of fused-ring (bicyclic) bond motifs is 5. The van der Waals surface area contributed by atoms with Gasteiger partial charge in [-0.1, -0.05) is 32.4 Å². The Balaban J connectivity index is 0.00000225. The molecular formula is C24H37NaO3. The quantitative estimate of drug-likeness (QED) is 0.572. The van der Waals surface area contributed by atoms with Crippen LogP contribution in [-0.2, 0) is 4.79 Å². The van der Waals surface area contributed by atoms with E-state index in [1.54, 1.807) is 5.57 Å². The van der Waals surface area contributed by atoms with Gasteiger partial charge >= 0.3 is 29.6 Å². The summed E-state index contributed by atoms with van der Waals surface area (Å²) < 4.78 is 0. The summed E-state index contributed by atoms with van der Waals surface area (Å²) in [6.45, 7) is 7.28. The van der Waals surface area contributed by atoms with Crippen molar-refractivity contribution in [2.45, 2.75) is 91.1 Å². The van der Waals surface area contributed by atoms with E-state index in [0.717, 1.165) is 43.4 Å². The normalized spacial score (nSPS) is 45.7. The molecule has 4 heteroatoms. The molecule has 3 nitrogen and oxygen atoms in total. The number of allylic oxidation sites excluding steroid dienone is 1. The van der Waals surface area contributed by atoms with Crippen LogP contribution in [0, 0.1) is 40.4 Å². The van der Waals surface area contributed by atoms with Gasteiger partial charge in [-0.25, -0.2) is 0 Å². The van der Waals surface area contributed by atoms with Crippen molar-refractivity contribution in [2.75, 3.05) is 0 Å². The molecule has 152 valence electrons. The molecule has 0 aromatic heterocycles. The summed E-state index contributed by atoms with van der Waals surface area (Å²) in [5.74, 6) is 2.58. The zero-order valence-corrected chi connectivity index (χ0v) is 20.4. The van der Waals surface area contributed by atoms with Crippen molar-refractivity contribution in [3.8, 4) is 0 Å². The Hall–Kier alpha value is 0.170. The summed E-state index contributed by atoms with van der Waals surface area (Å²) >= 11 is 0. The number of hydrogen-bond acceptors (Lipinski definition) is 3. The molecule has 0 spiro atoms. The molecule has 1 N–H and O–H groups in total. The molecule has 0 unspecified atom stereocenters. The Kier molecular flexibility index (Phi) is 6.82. The van der Waals surface area contributed by atoms with Gasteiger partial charge in [-0.2, -0.15) is 0 Å². The number of carboxylic acids is 1. The largest absolute Gasteiger partial charge is 1.00 e. The zero-order valence-electron chi connectivity index (χ0n) is 18.4. The van der Waals surface area contributed by atoms with Gasteiger partial charge in [-0.3, -0.25) is 0 Å². The van der Waals surface area contributed by atoms with Crippen LogP contribution >= 0.6 is 0 Å². The second-order valence-corrected chi connectivity index (χ2v) is 10.8. The van der Waals surface area contributed by atoms with Crippen LogP contribution in [0.5, 0.6) is 0 Å². The molecule has 4 aliphatic rings. The first-order valence-corrected chi connectivity index (χ1v) is 11.3. The Morgan fingerprint density at radius 2 is 1.96 bits per heavy atom. The van der Waals surface area contributed by atoms with Crippen molar-refractivity contribution in [1.82, 2.24) is 0 Å². The predicted molar refractivity (Wildman–Crippen MR) is 105 cm³/mol. The van der Waals surface area contributed by atoms with Gasteiger partial charge in [0.1, 0.15) is 0 Å². The van der Waals surface area contributed by atoms with Crippen LogP contribution < -0.4 is 34.7 Å². The van der Waals surface area contributed by atoms with Crippen LogP contribution in [-0.4, -0.2) is 17.2 Å². The van der Waals surface area contributed by atoms with E-state index in [-0.39, 0.29) is 42.1 Å². The summed E-state index contributed by atoms with van der Waals surface area (Å²) in [6, 6.07) is 0. The van der Waals surface area contributed by atoms with Crippen LogP contribution in [0.1, 0.15) is 85.0 Å². The fourth-order valence-corrected chi connectivity index (χ4v) is 8.16. The van der Waals surface area contributed by atoms with Crippen LogP contribution in [0.3, 0.4) is 0 Å². The van der Waals surface area contributed by atoms with E-state index in [9.17, 15) is 15.0 Å². The fraction of sp³-hybridized carbons (Fsp3) is 0.875. The summed E-state index contributed by atoms with van der Waals surface area (Å²) in [6.07, 6.45) is 12.7. The number of hydrogen-bond donors (Lipinski definition) is 1. The Bertz CT molecular complexity index is 631. The number of aliphatic hydroxyl groups excluding tert-OH is 1. The second kappa shape index (κ2) is 8.36. The maximum Gasteiger partial charge on any atom is 1.00 e. The van der Waals surface area contributed by atoms with Gasteiger partial charge in [-0.15, -0.1) is 0 Å². The SMILES string of the molecule is C[C@H](CCC(=O)[O-])[C@H]1CC[C@H]2[C@@H]3CC=C4C[C@@H](O)CC[C@]4(C)[C@H]3CC[C@]12C.[Na+]. The van der Waals surface area contributed by atoms with Gasteiger partial charge in [0.2, 0.25) is 0 Å². The molecule has 0 heterocycles. The molecule has 3 saturated carbocycles. The third-order valence-electron chi connectivity index (χ3n) is 9.64. The minimum absolute atomic E-state index is 0. The molecule has 8 atom stereocenters. The van der Waals surface area contributed by atoms with E-state index in [1.807, 2.05) is 0 Å². The summed E-state index contributed by atoms with van der Waals surface area (Å²) in [5, 5.41) is 21.1. The molecule has 0 amide bonds. The van der Waals surface area contributed by atoms with Gasteiger partial charge in [0.05, 0.1) is 6.10 Å². The van der Waals surface area contributed by atoms with Crippen LogP contribution in [0.25, 0.3) is 0 Å². The van der Waals surface area contributed by atoms with Gasteiger partial charge in [0.25, 0.3) is 0 Å². The maximum atomic E-state index is 10.9. The summed E-state index contributed by atoms with van der Waals surface area (Å²) in [4.78, 5) is 10.9. The number of carboxylic acid groups (broad SMARTS) is 1. The van der Waals surface area contributed by atoms with E-state index in [4.69, 9.17) is 0 Å². The Labute approximate surface area is 193 Å². The van der Waals surface area contributed by atoms with E-state index >= 15 is 0 Å². The number of carbonyl (C=O) groups excluding carboxylic acids is 1. The molecule has 28 heavy (non-hydrogen) atoms. The molecule has 4 aliphatic carbocycles. The molecule has 3 fully saturated rings. The first-order chi connectivity index (χ1) is 12.8. The molecule has 0 aromatic carbocycles. The van der Waals surface area contributed by atoms with Crippen molar-refractivity contribution in [2.24, 2.45) is 40.4 Å². The van der Waals surface area contributed by atoms with E-state index in [1.165, 1.54) is 32.1 Å². The van der Waals surface area contributed by atoms with Crippen LogP contribution in [0.4, 0.5) is 0 Å². The average Bonchev–Trinajstić information content (AvgIpc) is 2.97. The van der Waals surface area contributed by atoms with Crippen molar-refractivity contribution in [3.05, 3.63) is 11.6 Å². The molecule has 0 saturated heterocycles. The number of aliphatic hydroxyl groups is 1. The molecular weight excluding hydrogens is 359 g/mol. The van der Waals surface area contributed by atoms with Gasteiger partial charge in [0, 0.05) is 5.97 Å². The number of aliphatic carboxylic acids is 1. The molecule has 0 aliphatic heterocycles. The smallest absolute Gasteiger partial charge is 0.550 e. The van der Waals surface area contributed by atoms with Crippen LogP contribution in [0.15, 0.2) is 11.6 Å².